The van der Waals surface area contributed by atoms with Crippen molar-refractivity contribution in [3.63, 3.8) is 0 Å². The van der Waals surface area contributed by atoms with Crippen LogP contribution in [0.4, 0.5) is 0 Å². The maximum absolute atomic E-state index is 11.0. The third kappa shape index (κ3) is 2.70. The molecule has 1 rings (SSSR count). The van der Waals surface area contributed by atoms with Crippen molar-refractivity contribution < 1.29 is 14.3 Å². The summed E-state index contributed by atoms with van der Waals surface area (Å²) in [5.41, 5.74) is 0. The monoisotopic (exact) mass is 200 g/mol. The van der Waals surface area contributed by atoms with E-state index in [9.17, 15) is 9.59 Å². The summed E-state index contributed by atoms with van der Waals surface area (Å²) in [5, 5.41) is 5.44. The lowest BCUT2D eigenvalue weighted by atomic mass is 10.2. The average Bonchev–Trinajstić information content (AvgIpc) is 2.19. The van der Waals surface area contributed by atoms with E-state index in [1.54, 1.807) is 13.8 Å². The molecule has 5 nitrogen and oxygen atoms in total. The van der Waals surface area contributed by atoms with Gasteiger partial charge in [0.05, 0.1) is 12.6 Å². The lowest BCUT2D eigenvalue weighted by molar-refractivity contribution is -0.146. The smallest absolute Gasteiger partial charge is 0.221 e. The SMILES string of the molecule is CCC(=O)NC1COC1NC(=O)CC. The molecule has 1 aliphatic heterocycles. The van der Waals surface area contributed by atoms with Crippen molar-refractivity contribution >= 4 is 11.8 Å². The fourth-order valence-electron chi connectivity index (χ4n) is 1.12. The minimum Gasteiger partial charge on any atom is -0.354 e. The predicted octanol–water partition coefficient (Wildman–Crippen LogP) is -0.236. The van der Waals surface area contributed by atoms with Crippen LogP contribution in [-0.2, 0) is 14.3 Å². The first kappa shape index (κ1) is 11.0. The van der Waals surface area contributed by atoms with Crippen LogP contribution >= 0.6 is 0 Å². The standard InChI is InChI=1S/C9H16N2O3/c1-3-7(12)10-6-5-14-9(6)11-8(13)4-2/h6,9H,3-5H2,1-2H3,(H,10,12)(H,11,13). The third-order valence-corrected chi connectivity index (χ3v) is 2.11. The number of hydrogen-bond acceptors (Lipinski definition) is 3. The van der Waals surface area contributed by atoms with Gasteiger partial charge in [-0.25, -0.2) is 0 Å². The summed E-state index contributed by atoms with van der Waals surface area (Å²) in [6.07, 6.45) is 0.525. The van der Waals surface area contributed by atoms with E-state index >= 15 is 0 Å². The zero-order valence-corrected chi connectivity index (χ0v) is 8.50. The Balaban J connectivity index is 2.28. The van der Waals surface area contributed by atoms with Crippen LogP contribution in [0.5, 0.6) is 0 Å². The van der Waals surface area contributed by atoms with Crippen LogP contribution in [0.15, 0.2) is 0 Å². The summed E-state index contributed by atoms with van der Waals surface area (Å²) in [6.45, 7) is 4.03. The second-order valence-corrected chi connectivity index (χ2v) is 3.20. The van der Waals surface area contributed by atoms with Gasteiger partial charge in [-0.1, -0.05) is 13.8 Å². The molecular formula is C9H16N2O3. The lowest BCUT2D eigenvalue weighted by Gasteiger charge is -2.37. The van der Waals surface area contributed by atoms with E-state index in [1.165, 1.54) is 0 Å². The van der Waals surface area contributed by atoms with Gasteiger partial charge >= 0.3 is 0 Å². The van der Waals surface area contributed by atoms with Crippen molar-refractivity contribution in [1.29, 1.82) is 0 Å². The summed E-state index contributed by atoms with van der Waals surface area (Å²) < 4.78 is 5.11. The number of hydrogen-bond donors (Lipinski definition) is 2. The van der Waals surface area contributed by atoms with Crippen LogP contribution in [0.25, 0.3) is 0 Å². The molecule has 1 aliphatic rings. The molecule has 14 heavy (non-hydrogen) atoms. The predicted molar refractivity (Wildman–Crippen MR) is 50.4 cm³/mol. The van der Waals surface area contributed by atoms with Crippen molar-refractivity contribution in [3.8, 4) is 0 Å². The second-order valence-electron chi connectivity index (χ2n) is 3.20. The molecule has 2 N–H and O–H groups in total. The molecular weight excluding hydrogens is 184 g/mol. The molecule has 0 bridgehead atoms. The van der Waals surface area contributed by atoms with E-state index in [2.05, 4.69) is 10.6 Å². The highest BCUT2D eigenvalue weighted by atomic mass is 16.5. The van der Waals surface area contributed by atoms with E-state index in [0.717, 1.165) is 0 Å². The average molecular weight is 200 g/mol. The number of rotatable bonds is 4. The molecule has 0 aromatic rings. The van der Waals surface area contributed by atoms with Crippen molar-refractivity contribution in [1.82, 2.24) is 10.6 Å². The van der Waals surface area contributed by atoms with Crippen LogP contribution in [0.2, 0.25) is 0 Å². The zero-order valence-electron chi connectivity index (χ0n) is 8.50. The lowest BCUT2D eigenvalue weighted by Crippen LogP contribution is -2.62. The van der Waals surface area contributed by atoms with E-state index in [-0.39, 0.29) is 24.1 Å². The van der Waals surface area contributed by atoms with Gasteiger partial charge in [0.15, 0.2) is 6.23 Å². The summed E-state index contributed by atoms with van der Waals surface area (Å²) in [6, 6.07) is -0.0713. The van der Waals surface area contributed by atoms with Crippen LogP contribution in [0.1, 0.15) is 26.7 Å². The van der Waals surface area contributed by atoms with Crippen LogP contribution in [0, 0.1) is 0 Å². The molecule has 2 amide bonds. The quantitative estimate of drug-likeness (QED) is 0.658. The number of carbonyl (C=O) groups is 2. The normalized spacial score (nSPS) is 25.0. The van der Waals surface area contributed by atoms with Crippen molar-refractivity contribution in [2.24, 2.45) is 0 Å². The highest BCUT2D eigenvalue weighted by Crippen LogP contribution is 2.09. The van der Waals surface area contributed by atoms with Crippen LogP contribution in [-0.4, -0.2) is 30.7 Å². The molecule has 80 valence electrons. The van der Waals surface area contributed by atoms with Gasteiger partial charge in [-0.05, 0) is 0 Å². The molecule has 2 atom stereocenters. The molecule has 0 saturated carbocycles. The minimum absolute atomic E-state index is 0.0194. The van der Waals surface area contributed by atoms with Gasteiger partial charge < -0.3 is 15.4 Å². The Morgan fingerprint density at radius 2 is 1.79 bits per heavy atom. The number of nitrogens with one attached hydrogen (secondary N) is 2. The van der Waals surface area contributed by atoms with Crippen molar-refractivity contribution in [3.05, 3.63) is 0 Å². The molecule has 1 saturated heterocycles. The van der Waals surface area contributed by atoms with Gasteiger partial charge in [-0.15, -0.1) is 0 Å². The summed E-state index contributed by atoms with van der Waals surface area (Å²) in [4.78, 5) is 22.0. The molecule has 0 spiro atoms. The topological polar surface area (TPSA) is 67.4 Å². The van der Waals surface area contributed by atoms with Gasteiger partial charge in [-0.3, -0.25) is 9.59 Å². The Morgan fingerprint density at radius 1 is 1.21 bits per heavy atom. The minimum atomic E-state index is -0.349. The third-order valence-electron chi connectivity index (χ3n) is 2.11. The Labute approximate surface area is 83.2 Å². The Hall–Kier alpha value is -1.10. The summed E-state index contributed by atoms with van der Waals surface area (Å²) in [7, 11) is 0. The molecule has 2 unspecified atom stereocenters. The first-order valence-corrected chi connectivity index (χ1v) is 4.87. The Kier molecular flexibility index (Phi) is 3.88. The van der Waals surface area contributed by atoms with E-state index in [0.29, 0.717) is 19.4 Å². The molecule has 0 aromatic carbocycles. The largest absolute Gasteiger partial charge is 0.354 e. The molecule has 0 aliphatic carbocycles. The molecule has 0 aromatic heterocycles. The maximum atomic E-state index is 11.0. The maximum Gasteiger partial charge on any atom is 0.221 e. The molecule has 1 heterocycles. The number of amides is 2. The van der Waals surface area contributed by atoms with Gasteiger partial charge in [-0.2, -0.15) is 0 Å². The summed E-state index contributed by atoms with van der Waals surface area (Å²) in [5.74, 6) is -0.0838. The number of ether oxygens (including phenoxy) is 1. The van der Waals surface area contributed by atoms with Crippen molar-refractivity contribution in [2.75, 3.05) is 6.61 Å². The van der Waals surface area contributed by atoms with Crippen molar-refractivity contribution in [2.45, 2.75) is 39.0 Å². The fourth-order valence-corrected chi connectivity index (χ4v) is 1.12. The van der Waals surface area contributed by atoms with Gasteiger partial charge in [0.1, 0.15) is 0 Å². The highest BCUT2D eigenvalue weighted by Gasteiger charge is 2.33. The fraction of sp³-hybridized carbons (Fsp3) is 0.778. The van der Waals surface area contributed by atoms with Crippen LogP contribution < -0.4 is 10.6 Å². The van der Waals surface area contributed by atoms with E-state index in [4.69, 9.17) is 4.74 Å². The molecule has 0 radical (unpaired) electrons. The Bertz CT molecular complexity index is 206. The first-order valence-electron chi connectivity index (χ1n) is 4.87. The first-order chi connectivity index (χ1) is 6.67. The van der Waals surface area contributed by atoms with E-state index in [1.807, 2.05) is 0 Å². The highest BCUT2D eigenvalue weighted by molar-refractivity contribution is 5.77. The number of carbonyl (C=O) groups excluding carboxylic acids is 2. The van der Waals surface area contributed by atoms with Gasteiger partial charge in [0, 0.05) is 12.8 Å². The molecule has 1 fully saturated rings. The van der Waals surface area contributed by atoms with Crippen LogP contribution in [0.3, 0.4) is 0 Å². The van der Waals surface area contributed by atoms with E-state index < -0.39 is 0 Å². The Morgan fingerprint density at radius 3 is 2.21 bits per heavy atom. The molecule has 5 heteroatoms. The summed E-state index contributed by atoms with van der Waals surface area (Å²) >= 11 is 0. The van der Waals surface area contributed by atoms with Gasteiger partial charge in [0.25, 0.3) is 0 Å². The van der Waals surface area contributed by atoms with Gasteiger partial charge in [0.2, 0.25) is 11.8 Å². The second kappa shape index (κ2) is 4.95. The zero-order chi connectivity index (χ0) is 10.6.